The van der Waals surface area contributed by atoms with Gasteiger partial charge in [-0.05, 0) is 26.3 Å². The molecular weight excluding hydrogens is 244 g/mol. The minimum Gasteiger partial charge on any atom is -0.508 e. The number of aromatic hydroxyl groups is 2. The third kappa shape index (κ3) is 4.44. The number of phenolic OH excluding ortho intramolecular Hbond substituents is 2. The second-order valence-corrected chi connectivity index (χ2v) is 4.64. The lowest BCUT2D eigenvalue weighted by molar-refractivity contribution is -0.122. The van der Waals surface area contributed by atoms with Gasteiger partial charge in [-0.15, -0.1) is 0 Å². The van der Waals surface area contributed by atoms with Crippen molar-refractivity contribution in [3.63, 3.8) is 0 Å². The molecule has 0 bridgehead atoms. The van der Waals surface area contributed by atoms with Gasteiger partial charge in [-0.1, -0.05) is 13.0 Å². The fourth-order valence-corrected chi connectivity index (χ4v) is 1.84. The molecule has 1 amide bonds. The van der Waals surface area contributed by atoms with Crippen LogP contribution in [0, 0.1) is 0 Å². The van der Waals surface area contributed by atoms with E-state index in [1.54, 1.807) is 13.0 Å². The molecule has 0 heterocycles. The van der Waals surface area contributed by atoms with E-state index in [9.17, 15) is 15.0 Å². The molecule has 0 saturated carbocycles. The summed E-state index contributed by atoms with van der Waals surface area (Å²) in [6, 6.07) is 3.89. The van der Waals surface area contributed by atoms with Gasteiger partial charge in [-0.25, -0.2) is 0 Å². The molecule has 0 spiro atoms. The van der Waals surface area contributed by atoms with Crippen molar-refractivity contribution >= 4 is 5.91 Å². The maximum atomic E-state index is 11.7. The van der Waals surface area contributed by atoms with Crippen LogP contribution < -0.4 is 10.6 Å². The topological polar surface area (TPSA) is 81.6 Å². The molecule has 0 aliphatic carbocycles. The summed E-state index contributed by atoms with van der Waals surface area (Å²) in [5.41, 5.74) is 0.646. The fourth-order valence-electron chi connectivity index (χ4n) is 1.84. The highest BCUT2D eigenvalue weighted by molar-refractivity contribution is 5.81. The molecule has 0 aliphatic rings. The number of carbonyl (C=O) groups is 1. The predicted octanol–water partition coefficient (Wildman–Crippen LogP) is 1.66. The maximum absolute atomic E-state index is 11.7. The monoisotopic (exact) mass is 266 g/mol. The summed E-state index contributed by atoms with van der Waals surface area (Å²) in [7, 11) is 0. The molecule has 5 heteroatoms. The Morgan fingerprint density at radius 3 is 2.58 bits per heavy atom. The van der Waals surface area contributed by atoms with E-state index in [0.29, 0.717) is 12.1 Å². The molecule has 2 atom stereocenters. The first-order chi connectivity index (χ1) is 8.95. The Bertz CT molecular complexity index is 435. The summed E-state index contributed by atoms with van der Waals surface area (Å²) in [5.74, 6) is -0.0321. The Kier molecular flexibility index (Phi) is 5.63. The van der Waals surface area contributed by atoms with Gasteiger partial charge in [0.1, 0.15) is 11.5 Å². The van der Waals surface area contributed by atoms with Crippen molar-refractivity contribution in [2.75, 3.05) is 6.54 Å². The number of nitrogens with one attached hydrogen (secondary N) is 2. The lowest BCUT2D eigenvalue weighted by atomic mass is 10.1. The van der Waals surface area contributed by atoms with Gasteiger partial charge >= 0.3 is 0 Å². The number of hydrogen-bond acceptors (Lipinski definition) is 4. The molecule has 0 aromatic heterocycles. The highest BCUT2D eigenvalue weighted by Gasteiger charge is 2.17. The first-order valence-corrected chi connectivity index (χ1v) is 6.51. The molecule has 1 aromatic rings. The molecule has 4 N–H and O–H groups in total. The third-order valence-electron chi connectivity index (χ3n) is 2.92. The van der Waals surface area contributed by atoms with Crippen LogP contribution in [0.2, 0.25) is 0 Å². The van der Waals surface area contributed by atoms with Gasteiger partial charge < -0.3 is 15.5 Å². The van der Waals surface area contributed by atoms with E-state index in [2.05, 4.69) is 10.6 Å². The summed E-state index contributed by atoms with van der Waals surface area (Å²) in [5, 5.41) is 24.9. The first-order valence-electron chi connectivity index (χ1n) is 6.51. The van der Waals surface area contributed by atoms with Crippen LogP contribution >= 0.6 is 0 Å². The van der Waals surface area contributed by atoms with Crippen LogP contribution in [0.5, 0.6) is 11.5 Å². The second kappa shape index (κ2) is 6.99. The number of amides is 1. The molecule has 19 heavy (non-hydrogen) atoms. The quantitative estimate of drug-likeness (QED) is 0.631. The van der Waals surface area contributed by atoms with Crippen LogP contribution in [0.3, 0.4) is 0 Å². The SMILES string of the molecule is CCCNC(=O)C(C)NC(C)c1ccc(O)cc1O. The van der Waals surface area contributed by atoms with Gasteiger partial charge in [0, 0.05) is 24.2 Å². The number of carbonyl (C=O) groups excluding carboxylic acids is 1. The number of phenols is 2. The van der Waals surface area contributed by atoms with Gasteiger partial charge in [0.15, 0.2) is 0 Å². The molecule has 2 unspecified atom stereocenters. The van der Waals surface area contributed by atoms with Crippen molar-refractivity contribution in [1.29, 1.82) is 0 Å². The minimum atomic E-state index is -0.352. The Morgan fingerprint density at radius 1 is 1.32 bits per heavy atom. The predicted molar refractivity (Wildman–Crippen MR) is 74.1 cm³/mol. The molecule has 0 radical (unpaired) electrons. The standard InChI is InChI=1S/C14H22N2O3/c1-4-7-15-14(19)10(3)16-9(2)12-6-5-11(17)8-13(12)18/h5-6,8-10,16-18H,4,7H2,1-3H3,(H,15,19). The third-order valence-corrected chi connectivity index (χ3v) is 2.92. The van der Waals surface area contributed by atoms with Crippen molar-refractivity contribution in [3.8, 4) is 11.5 Å². The lowest BCUT2D eigenvalue weighted by Gasteiger charge is -2.20. The van der Waals surface area contributed by atoms with E-state index < -0.39 is 0 Å². The lowest BCUT2D eigenvalue weighted by Crippen LogP contribution is -2.43. The summed E-state index contributed by atoms with van der Waals surface area (Å²) < 4.78 is 0. The van der Waals surface area contributed by atoms with Crippen molar-refractivity contribution in [2.45, 2.75) is 39.3 Å². The highest BCUT2D eigenvalue weighted by Crippen LogP contribution is 2.27. The zero-order valence-electron chi connectivity index (χ0n) is 11.6. The first kappa shape index (κ1) is 15.3. The smallest absolute Gasteiger partial charge is 0.236 e. The van der Waals surface area contributed by atoms with E-state index in [-0.39, 0.29) is 29.5 Å². The van der Waals surface area contributed by atoms with E-state index in [4.69, 9.17) is 0 Å². The van der Waals surface area contributed by atoms with Crippen LogP contribution in [-0.2, 0) is 4.79 Å². The van der Waals surface area contributed by atoms with Crippen LogP contribution in [0.15, 0.2) is 18.2 Å². The zero-order valence-corrected chi connectivity index (χ0v) is 11.6. The maximum Gasteiger partial charge on any atom is 0.236 e. The zero-order chi connectivity index (χ0) is 14.4. The Hall–Kier alpha value is -1.75. The van der Waals surface area contributed by atoms with E-state index in [0.717, 1.165) is 6.42 Å². The average molecular weight is 266 g/mol. The molecule has 106 valence electrons. The van der Waals surface area contributed by atoms with Gasteiger partial charge in [0.05, 0.1) is 6.04 Å². The van der Waals surface area contributed by atoms with Crippen molar-refractivity contribution in [3.05, 3.63) is 23.8 Å². The number of benzene rings is 1. The van der Waals surface area contributed by atoms with E-state index in [1.807, 2.05) is 13.8 Å². The highest BCUT2D eigenvalue weighted by atomic mass is 16.3. The van der Waals surface area contributed by atoms with Crippen LogP contribution in [0.25, 0.3) is 0 Å². The fraction of sp³-hybridized carbons (Fsp3) is 0.500. The molecule has 5 nitrogen and oxygen atoms in total. The largest absolute Gasteiger partial charge is 0.508 e. The number of rotatable bonds is 6. The molecule has 0 aliphatic heterocycles. The van der Waals surface area contributed by atoms with Crippen molar-refractivity contribution < 1.29 is 15.0 Å². The van der Waals surface area contributed by atoms with Crippen LogP contribution in [-0.4, -0.2) is 28.7 Å². The normalized spacial score (nSPS) is 13.8. The van der Waals surface area contributed by atoms with Gasteiger partial charge in [-0.2, -0.15) is 0 Å². The second-order valence-electron chi connectivity index (χ2n) is 4.64. The van der Waals surface area contributed by atoms with Crippen molar-refractivity contribution in [2.24, 2.45) is 0 Å². The molecule has 0 fully saturated rings. The summed E-state index contributed by atoms with van der Waals surface area (Å²) in [4.78, 5) is 11.7. The Morgan fingerprint density at radius 2 is 2.00 bits per heavy atom. The summed E-state index contributed by atoms with van der Waals surface area (Å²) in [6.07, 6.45) is 0.896. The molecular formula is C14H22N2O3. The van der Waals surface area contributed by atoms with Gasteiger partial charge in [0.2, 0.25) is 5.91 Å². The number of hydrogen-bond donors (Lipinski definition) is 4. The average Bonchev–Trinajstić information content (AvgIpc) is 2.35. The Labute approximate surface area is 113 Å². The summed E-state index contributed by atoms with van der Waals surface area (Å²) >= 11 is 0. The van der Waals surface area contributed by atoms with Crippen LogP contribution in [0.4, 0.5) is 0 Å². The van der Waals surface area contributed by atoms with Gasteiger partial charge in [-0.3, -0.25) is 10.1 Å². The molecule has 1 rings (SSSR count). The van der Waals surface area contributed by atoms with E-state index in [1.165, 1.54) is 12.1 Å². The molecule has 0 saturated heterocycles. The van der Waals surface area contributed by atoms with Crippen molar-refractivity contribution in [1.82, 2.24) is 10.6 Å². The summed E-state index contributed by atoms with van der Waals surface area (Å²) in [6.45, 7) is 6.29. The minimum absolute atomic E-state index is 0.0150. The molecule has 1 aromatic carbocycles. The van der Waals surface area contributed by atoms with Gasteiger partial charge in [0.25, 0.3) is 0 Å². The van der Waals surface area contributed by atoms with E-state index >= 15 is 0 Å². The van der Waals surface area contributed by atoms with Crippen LogP contribution in [0.1, 0.15) is 38.8 Å². The Balaban J connectivity index is 2.63.